The van der Waals surface area contributed by atoms with E-state index < -0.39 is 0 Å². The van der Waals surface area contributed by atoms with Crippen molar-refractivity contribution in [3.63, 3.8) is 0 Å². The van der Waals surface area contributed by atoms with Crippen molar-refractivity contribution in [3.05, 3.63) is 54.2 Å². The molecule has 0 saturated heterocycles. The fraction of sp³-hybridized carbons (Fsp3) is 0.552. The standard InChI is InChI=1S/C29H41N/c1-2-3-4-5-6-7-8-9-10-11-12-13-14-15-23-28-26-21-17-16-20-25(26)27-22-18-19-24-29(27)30-28/h16-22,24H,2-15,23H2,1H3. The highest BCUT2D eigenvalue weighted by Crippen LogP contribution is 2.27. The van der Waals surface area contributed by atoms with Crippen molar-refractivity contribution < 1.29 is 0 Å². The third-order valence-corrected chi connectivity index (χ3v) is 6.45. The lowest BCUT2D eigenvalue weighted by Crippen LogP contribution is -1.94. The Morgan fingerprint density at radius 2 is 0.967 bits per heavy atom. The van der Waals surface area contributed by atoms with E-state index in [-0.39, 0.29) is 0 Å². The molecule has 0 fully saturated rings. The predicted octanol–water partition coefficient (Wildman–Crippen LogP) is 9.41. The molecular formula is C29H41N. The molecule has 30 heavy (non-hydrogen) atoms. The van der Waals surface area contributed by atoms with Crippen LogP contribution in [0.25, 0.3) is 21.7 Å². The molecule has 0 aliphatic rings. The Hall–Kier alpha value is -1.89. The second kappa shape index (κ2) is 13.4. The number of aryl methyl sites for hydroxylation is 1. The molecule has 1 aromatic heterocycles. The number of hydrogen-bond acceptors (Lipinski definition) is 1. The first-order valence-electron chi connectivity index (χ1n) is 12.7. The molecule has 0 N–H and O–H groups in total. The van der Waals surface area contributed by atoms with Gasteiger partial charge in [-0.05, 0) is 24.3 Å². The van der Waals surface area contributed by atoms with Crippen molar-refractivity contribution in [2.45, 2.75) is 103 Å². The monoisotopic (exact) mass is 403 g/mol. The molecule has 162 valence electrons. The maximum absolute atomic E-state index is 5.00. The third-order valence-electron chi connectivity index (χ3n) is 6.45. The Labute approximate surface area is 184 Å². The summed E-state index contributed by atoms with van der Waals surface area (Å²) in [5.41, 5.74) is 2.42. The van der Waals surface area contributed by atoms with Crippen LogP contribution in [0.5, 0.6) is 0 Å². The van der Waals surface area contributed by atoms with Crippen molar-refractivity contribution in [1.29, 1.82) is 0 Å². The van der Waals surface area contributed by atoms with Gasteiger partial charge in [0.15, 0.2) is 0 Å². The minimum atomic E-state index is 1.10. The molecule has 0 unspecified atom stereocenters. The molecule has 1 nitrogen and oxygen atoms in total. The smallest absolute Gasteiger partial charge is 0.0711 e. The molecule has 1 heterocycles. The number of fused-ring (bicyclic) bond motifs is 3. The number of benzene rings is 2. The minimum absolute atomic E-state index is 1.10. The van der Waals surface area contributed by atoms with Crippen molar-refractivity contribution >= 4 is 21.7 Å². The van der Waals surface area contributed by atoms with E-state index in [1.807, 2.05) is 0 Å². The van der Waals surface area contributed by atoms with Gasteiger partial charge in [0, 0.05) is 16.5 Å². The summed E-state index contributed by atoms with van der Waals surface area (Å²) >= 11 is 0. The van der Waals surface area contributed by atoms with Crippen LogP contribution in [0.3, 0.4) is 0 Å². The topological polar surface area (TPSA) is 12.9 Å². The van der Waals surface area contributed by atoms with Crippen molar-refractivity contribution in [2.24, 2.45) is 0 Å². The fourth-order valence-electron chi connectivity index (χ4n) is 4.65. The van der Waals surface area contributed by atoms with Gasteiger partial charge >= 0.3 is 0 Å². The van der Waals surface area contributed by atoms with E-state index in [0.717, 1.165) is 11.9 Å². The molecular weight excluding hydrogens is 362 g/mol. The lowest BCUT2D eigenvalue weighted by atomic mass is 10.00. The normalized spacial score (nSPS) is 11.5. The molecule has 3 rings (SSSR count). The van der Waals surface area contributed by atoms with Crippen LogP contribution in [0.15, 0.2) is 48.5 Å². The second-order valence-corrected chi connectivity index (χ2v) is 8.97. The van der Waals surface area contributed by atoms with Gasteiger partial charge in [0.25, 0.3) is 0 Å². The van der Waals surface area contributed by atoms with Crippen LogP contribution in [0.4, 0.5) is 0 Å². The Bertz CT molecular complexity index is 867. The Morgan fingerprint density at radius 3 is 1.57 bits per heavy atom. The van der Waals surface area contributed by atoms with E-state index in [1.54, 1.807) is 0 Å². The lowest BCUT2D eigenvalue weighted by molar-refractivity contribution is 0.535. The number of unbranched alkanes of at least 4 members (excludes halogenated alkanes) is 13. The number of pyridine rings is 1. The van der Waals surface area contributed by atoms with E-state index >= 15 is 0 Å². The fourth-order valence-corrected chi connectivity index (χ4v) is 4.65. The molecule has 0 aliphatic heterocycles. The van der Waals surface area contributed by atoms with Gasteiger partial charge in [-0.3, -0.25) is 4.98 Å². The molecule has 0 spiro atoms. The van der Waals surface area contributed by atoms with Crippen LogP contribution >= 0.6 is 0 Å². The van der Waals surface area contributed by atoms with Crippen LogP contribution in [0, 0.1) is 0 Å². The summed E-state index contributed by atoms with van der Waals surface area (Å²) in [7, 11) is 0. The van der Waals surface area contributed by atoms with E-state index in [9.17, 15) is 0 Å². The summed E-state index contributed by atoms with van der Waals surface area (Å²) in [5, 5.41) is 3.96. The zero-order valence-electron chi connectivity index (χ0n) is 19.2. The van der Waals surface area contributed by atoms with Crippen molar-refractivity contribution in [2.75, 3.05) is 0 Å². The second-order valence-electron chi connectivity index (χ2n) is 8.97. The van der Waals surface area contributed by atoms with E-state index in [1.165, 1.54) is 112 Å². The predicted molar refractivity (Wildman–Crippen MR) is 133 cm³/mol. The largest absolute Gasteiger partial charge is 0.252 e. The molecule has 2 aromatic carbocycles. The molecule has 3 aromatic rings. The highest BCUT2D eigenvalue weighted by atomic mass is 14.7. The Morgan fingerprint density at radius 1 is 0.500 bits per heavy atom. The Kier molecular flexibility index (Phi) is 10.2. The molecule has 1 heteroatoms. The van der Waals surface area contributed by atoms with Gasteiger partial charge in [-0.25, -0.2) is 0 Å². The molecule has 0 aliphatic carbocycles. The van der Waals surface area contributed by atoms with Gasteiger partial charge in [-0.2, -0.15) is 0 Å². The first-order chi connectivity index (χ1) is 14.9. The summed E-state index contributed by atoms with van der Waals surface area (Å²) in [5.74, 6) is 0. The summed E-state index contributed by atoms with van der Waals surface area (Å²) in [6.07, 6.45) is 20.8. The van der Waals surface area contributed by atoms with E-state index in [0.29, 0.717) is 0 Å². The maximum Gasteiger partial charge on any atom is 0.0711 e. The van der Waals surface area contributed by atoms with Gasteiger partial charge in [-0.15, -0.1) is 0 Å². The highest BCUT2D eigenvalue weighted by molar-refractivity contribution is 6.06. The highest BCUT2D eigenvalue weighted by Gasteiger charge is 2.07. The zero-order valence-corrected chi connectivity index (χ0v) is 19.2. The van der Waals surface area contributed by atoms with Crippen LogP contribution in [-0.2, 0) is 6.42 Å². The van der Waals surface area contributed by atoms with Crippen LogP contribution in [-0.4, -0.2) is 4.98 Å². The summed E-state index contributed by atoms with van der Waals surface area (Å²) in [6, 6.07) is 17.3. The molecule has 0 bridgehead atoms. The maximum atomic E-state index is 5.00. The van der Waals surface area contributed by atoms with Gasteiger partial charge in [0.2, 0.25) is 0 Å². The molecule has 0 radical (unpaired) electrons. The number of para-hydroxylation sites is 1. The number of rotatable bonds is 15. The summed E-state index contributed by atoms with van der Waals surface area (Å²) in [4.78, 5) is 5.00. The lowest BCUT2D eigenvalue weighted by Gasteiger charge is -2.09. The van der Waals surface area contributed by atoms with Gasteiger partial charge < -0.3 is 0 Å². The number of hydrogen-bond donors (Lipinski definition) is 0. The quantitative estimate of drug-likeness (QED) is 0.182. The first kappa shape index (κ1) is 22.8. The van der Waals surface area contributed by atoms with Crippen molar-refractivity contribution in [3.8, 4) is 0 Å². The molecule has 0 saturated carbocycles. The Balaban J connectivity index is 1.30. The van der Waals surface area contributed by atoms with E-state index in [2.05, 4.69) is 55.5 Å². The molecule has 0 amide bonds. The number of nitrogens with zero attached hydrogens (tertiary/aromatic N) is 1. The zero-order chi connectivity index (χ0) is 20.9. The van der Waals surface area contributed by atoms with Crippen molar-refractivity contribution in [1.82, 2.24) is 4.98 Å². The van der Waals surface area contributed by atoms with Gasteiger partial charge in [0.05, 0.1) is 5.52 Å². The molecule has 0 atom stereocenters. The minimum Gasteiger partial charge on any atom is -0.252 e. The number of aromatic nitrogens is 1. The third kappa shape index (κ3) is 7.11. The van der Waals surface area contributed by atoms with Crippen LogP contribution in [0.2, 0.25) is 0 Å². The summed E-state index contributed by atoms with van der Waals surface area (Å²) < 4.78 is 0. The first-order valence-corrected chi connectivity index (χ1v) is 12.7. The average Bonchev–Trinajstić information content (AvgIpc) is 2.79. The van der Waals surface area contributed by atoms with Crippen LogP contribution in [0.1, 0.15) is 103 Å². The summed E-state index contributed by atoms with van der Waals surface area (Å²) in [6.45, 7) is 2.29. The van der Waals surface area contributed by atoms with E-state index in [4.69, 9.17) is 4.98 Å². The SMILES string of the molecule is CCCCCCCCCCCCCCCCc1nc2ccccc2c2ccccc12. The van der Waals surface area contributed by atoms with Gasteiger partial charge in [-0.1, -0.05) is 133 Å². The average molecular weight is 404 g/mol. The van der Waals surface area contributed by atoms with Gasteiger partial charge in [0.1, 0.15) is 0 Å². The van der Waals surface area contributed by atoms with Crippen LogP contribution < -0.4 is 0 Å².